The third kappa shape index (κ3) is 4.61. The van der Waals surface area contributed by atoms with E-state index in [9.17, 15) is 4.79 Å². The standard InChI is InChI=1S/C19H22BN5O4PS/c1-11-13(8-28-31-30-20)29-19(15(11)27-2)25-10-23-14-16(21-9-22-17(14)25)24-18(26)12-6-4-3-5-7-12/h3-7,9-11,13,15,19-20,30H,8H2,1-2H3,(H,21,22,24,26)/t11-,13+,15?,19+,30?/m0/s1/i20T,30D. The molecule has 3 heterocycles. The minimum Gasteiger partial charge on any atom is -0.376 e. The molecule has 3 aromatic rings. The van der Waals surface area contributed by atoms with Gasteiger partial charge in [0, 0.05) is 30.3 Å². The largest absolute Gasteiger partial charge is 0.376 e. The number of ether oxygens (including phenoxy) is 2. The number of hydrogen-bond acceptors (Lipinski definition) is 8. The fraction of sp³-hybridized carbons (Fsp3) is 0.368. The molecule has 1 fully saturated rings. The number of rotatable bonds is 9. The van der Waals surface area contributed by atoms with Gasteiger partial charge in [0.05, 0.1) is 20.3 Å². The first-order valence-electron chi connectivity index (χ1n) is 10.6. The van der Waals surface area contributed by atoms with Gasteiger partial charge in [-0.2, -0.15) is 0 Å². The summed E-state index contributed by atoms with van der Waals surface area (Å²) in [6.45, 7) is 2.26. The molecule has 0 saturated carbocycles. The summed E-state index contributed by atoms with van der Waals surface area (Å²) in [4.78, 5) is 25.6. The van der Waals surface area contributed by atoms with E-state index in [4.69, 9.17) is 16.3 Å². The summed E-state index contributed by atoms with van der Waals surface area (Å²) in [7, 11) is 1.29. The van der Waals surface area contributed by atoms with Crippen molar-refractivity contribution in [1.29, 1.82) is 2.61 Å². The van der Waals surface area contributed by atoms with E-state index in [1.54, 1.807) is 42.3 Å². The van der Waals surface area contributed by atoms with Gasteiger partial charge in [-0.3, -0.25) is 9.36 Å². The predicted octanol–water partition coefficient (Wildman–Crippen LogP) is 2.70. The van der Waals surface area contributed by atoms with E-state index in [1.807, 2.05) is 13.0 Å². The molecule has 161 valence electrons. The van der Waals surface area contributed by atoms with Gasteiger partial charge < -0.3 is 19.0 Å². The summed E-state index contributed by atoms with van der Waals surface area (Å²) >= 11 is 0.969. The monoisotopic (exact) mass is 461 g/mol. The summed E-state index contributed by atoms with van der Waals surface area (Å²) < 4.78 is 34.0. The number of benzene rings is 1. The number of carbonyl (C=O) groups is 1. The Hall–Kier alpha value is -2.04. The number of methoxy groups -OCH3 is 1. The third-order valence-electron chi connectivity index (χ3n) is 5.20. The summed E-state index contributed by atoms with van der Waals surface area (Å²) in [6, 6.07) is 8.86. The quantitative estimate of drug-likeness (QED) is 0.295. The van der Waals surface area contributed by atoms with E-state index in [0.29, 0.717) is 22.5 Å². The fourth-order valence-electron chi connectivity index (χ4n) is 3.62. The Morgan fingerprint density at radius 3 is 3.06 bits per heavy atom. The number of anilines is 1. The van der Waals surface area contributed by atoms with E-state index in [1.165, 1.54) is 6.33 Å². The van der Waals surface area contributed by atoms with Crippen LogP contribution in [0.5, 0.6) is 0 Å². The Kier molecular flexibility index (Phi) is 6.37. The molecule has 1 radical (unpaired) electrons. The second-order valence-corrected chi connectivity index (χ2v) is 8.63. The molecule has 5 atom stereocenters. The average molecular weight is 461 g/mol. The first kappa shape index (κ1) is 19.6. The highest BCUT2D eigenvalue weighted by atomic mass is 32.7. The summed E-state index contributed by atoms with van der Waals surface area (Å²) in [5.41, 5.74) is 1.45. The first-order valence-corrected chi connectivity index (χ1v) is 11.9. The van der Waals surface area contributed by atoms with Crippen molar-refractivity contribution in [2.24, 2.45) is 5.92 Å². The molecule has 1 N–H and O–H groups in total. The molecule has 12 heteroatoms. The molecular formula is C19H22BN5O4PS. The zero-order valence-corrected chi connectivity index (χ0v) is 18.6. The molecule has 1 saturated heterocycles. The van der Waals surface area contributed by atoms with Crippen molar-refractivity contribution in [3.05, 3.63) is 48.5 Å². The van der Waals surface area contributed by atoms with Crippen molar-refractivity contribution < 1.29 is 18.5 Å². The molecule has 1 aliphatic rings. The number of imidazole rings is 1. The highest BCUT2D eigenvalue weighted by Gasteiger charge is 2.44. The van der Waals surface area contributed by atoms with Gasteiger partial charge in [0.1, 0.15) is 20.0 Å². The molecule has 31 heavy (non-hydrogen) atoms. The minimum atomic E-state index is -1.39. The normalized spacial score (nSPS) is 25.1. The molecule has 2 unspecified atom stereocenters. The molecule has 2 aromatic heterocycles. The zero-order valence-electron chi connectivity index (χ0n) is 18.9. The Morgan fingerprint density at radius 2 is 2.29 bits per heavy atom. The van der Waals surface area contributed by atoms with E-state index in [-0.39, 0.29) is 30.6 Å². The van der Waals surface area contributed by atoms with Crippen molar-refractivity contribution in [2.45, 2.75) is 25.4 Å². The Labute approximate surface area is 189 Å². The second-order valence-electron chi connectivity index (χ2n) is 6.96. The Balaban J connectivity index is 1.54. The van der Waals surface area contributed by atoms with Crippen molar-refractivity contribution in [3.63, 3.8) is 0 Å². The lowest BCUT2D eigenvalue weighted by Crippen LogP contribution is -2.27. The SMILES string of the molecule is [2H]P([B][3H])SOC[C@H]1O[C@@H](n2cnc3c(NC(=O)c4ccccc4)ncnc32)C(OC)[C@H]1C. The van der Waals surface area contributed by atoms with Gasteiger partial charge in [-0.15, -0.1) is 0 Å². The Bertz CT molecular complexity index is 1100. The van der Waals surface area contributed by atoms with E-state index >= 15 is 0 Å². The maximum Gasteiger partial charge on any atom is 0.256 e. The Morgan fingerprint density at radius 1 is 1.45 bits per heavy atom. The molecular weight excluding hydrogens is 436 g/mol. The fourth-order valence-corrected chi connectivity index (χ4v) is 4.25. The second kappa shape index (κ2) is 10.1. The number of aromatic nitrogens is 4. The van der Waals surface area contributed by atoms with Gasteiger partial charge in [0.15, 0.2) is 23.2 Å². The van der Waals surface area contributed by atoms with Gasteiger partial charge in [0.2, 0.25) is 0 Å². The highest BCUT2D eigenvalue weighted by molar-refractivity contribution is 8.53. The van der Waals surface area contributed by atoms with Crippen LogP contribution in [-0.4, -0.2) is 61.5 Å². The van der Waals surface area contributed by atoms with Crippen molar-refractivity contribution >= 4 is 49.7 Å². The van der Waals surface area contributed by atoms with Crippen LogP contribution in [0.25, 0.3) is 11.2 Å². The summed E-state index contributed by atoms with van der Waals surface area (Å²) in [5, 5.41) is 2.80. The van der Waals surface area contributed by atoms with Gasteiger partial charge in [-0.1, -0.05) is 32.7 Å². The minimum absolute atomic E-state index is 0.00548. The van der Waals surface area contributed by atoms with Crippen molar-refractivity contribution in [1.82, 2.24) is 19.5 Å². The van der Waals surface area contributed by atoms with Crippen molar-refractivity contribution in [2.75, 3.05) is 19.0 Å². The third-order valence-corrected chi connectivity index (χ3v) is 6.10. The average Bonchev–Trinajstić information content (AvgIpc) is 3.40. The van der Waals surface area contributed by atoms with Crippen molar-refractivity contribution in [3.8, 4) is 0 Å². The number of nitrogens with one attached hydrogen (secondary N) is 1. The van der Waals surface area contributed by atoms with E-state index < -0.39 is 13.8 Å². The topological polar surface area (TPSA) is 100 Å². The maximum atomic E-state index is 12.6. The first-order chi connectivity index (χ1) is 16.0. The van der Waals surface area contributed by atoms with Crippen LogP contribution >= 0.6 is 19.3 Å². The lowest BCUT2D eigenvalue weighted by atomic mass is 10.0. The molecule has 0 bridgehead atoms. The van der Waals surface area contributed by atoms with Crippen LogP contribution < -0.4 is 5.32 Å². The lowest BCUT2D eigenvalue weighted by molar-refractivity contribution is -0.0546. The lowest BCUT2D eigenvalue weighted by Gasteiger charge is -2.20. The molecule has 1 aromatic carbocycles. The molecule has 1 aliphatic heterocycles. The van der Waals surface area contributed by atoms with E-state index in [0.717, 1.165) is 19.2 Å². The van der Waals surface area contributed by atoms with Gasteiger partial charge >= 0.3 is 0 Å². The highest BCUT2D eigenvalue weighted by Crippen LogP contribution is 2.38. The van der Waals surface area contributed by atoms with Crippen LogP contribution in [0.3, 0.4) is 0 Å². The summed E-state index contributed by atoms with van der Waals surface area (Å²) in [6.07, 6.45) is 1.88. The number of fused-ring (bicyclic) bond motifs is 1. The number of amides is 1. The zero-order chi connectivity index (χ0) is 23.4. The molecule has 1 amide bonds. The van der Waals surface area contributed by atoms with Gasteiger partial charge in [0.25, 0.3) is 5.91 Å². The van der Waals surface area contributed by atoms with Crippen LogP contribution in [0.4, 0.5) is 5.82 Å². The predicted molar refractivity (Wildman–Crippen MR) is 123 cm³/mol. The van der Waals surface area contributed by atoms with Gasteiger partial charge in [-0.05, 0) is 13.5 Å². The van der Waals surface area contributed by atoms with Crippen LogP contribution in [0.2, 0.25) is 0 Å². The molecule has 4 rings (SSSR count). The number of nitrogens with zero attached hydrogens (tertiary/aromatic N) is 4. The smallest absolute Gasteiger partial charge is 0.256 e. The van der Waals surface area contributed by atoms with Crippen LogP contribution in [0, 0.1) is 5.92 Å². The van der Waals surface area contributed by atoms with Crippen LogP contribution in [-0.2, 0) is 13.7 Å². The van der Waals surface area contributed by atoms with Crippen LogP contribution in [0.15, 0.2) is 43.0 Å². The van der Waals surface area contributed by atoms with E-state index in [2.05, 4.69) is 20.3 Å². The summed E-state index contributed by atoms with van der Waals surface area (Å²) in [5.74, 6) is 0.00748. The molecule has 9 nitrogen and oxygen atoms in total. The maximum absolute atomic E-state index is 12.6. The number of carbonyl (C=O) groups excluding carboxylic acids is 1. The van der Waals surface area contributed by atoms with Crippen LogP contribution in [0.1, 0.15) is 23.5 Å². The number of hydrogen-bond donors (Lipinski definition) is 1. The molecule has 0 spiro atoms. The van der Waals surface area contributed by atoms with Gasteiger partial charge in [-0.25, -0.2) is 15.0 Å². The molecule has 0 aliphatic carbocycles.